The van der Waals surface area contributed by atoms with Crippen molar-refractivity contribution in [1.29, 1.82) is 0 Å². The van der Waals surface area contributed by atoms with Gasteiger partial charge in [-0.2, -0.15) is 0 Å². The summed E-state index contributed by atoms with van der Waals surface area (Å²) in [6.07, 6.45) is 0. The van der Waals surface area contributed by atoms with Crippen molar-refractivity contribution in [1.82, 2.24) is 0 Å². The average molecular weight is 351 g/mol. The van der Waals surface area contributed by atoms with E-state index in [1.54, 1.807) is 17.8 Å². The second-order valence-corrected chi connectivity index (χ2v) is 6.57. The smallest absolute Gasteiger partial charge is 0.337 e. The van der Waals surface area contributed by atoms with Crippen LogP contribution in [0.5, 0.6) is 0 Å². The Bertz CT molecular complexity index is 633. The minimum absolute atomic E-state index is 0.335. The summed E-state index contributed by atoms with van der Waals surface area (Å²) in [5, 5.41) is 9.29. The molecule has 0 saturated heterocycles. The molecule has 0 heterocycles. The van der Waals surface area contributed by atoms with Crippen molar-refractivity contribution in [3.05, 3.63) is 63.1 Å². The number of aryl methyl sites for hydroxylation is 2. The van der Waals surface area contributed by atoms with Crippen molar-refractivity contribution in [2.24, 2.45) is 0 Å². The Morgan fingerprint density at radius 2 is 1.85 bits per heavy atom. The number of carboxylic acid groups (broad SMARTS) is 1. The molecule has 4 heteroatoms. The molecule has 0 bridgehead atoms. The lowest BCUT2D eigenvalue weighted by Crippen LogP contribution is -2.00. The van der Waals surface area contributed by atoms with Crippen LogP contribution < -0.4 is 0 Å². The van der Waals surface area contributed by atoms with Gasteiger partial charge in [0, 0.05) is 15.1 Å². The number of thioether (sulfide) groups is 1. The lowest BCUT2D eigenvalue weighted by molar-refractivity contribution is 0.0692. The molecule has 0 radical (unpaired) electrons. The summed E-state index contributed by atoms with van der Waals surface area (Å²) < 4.78 is 0.621. The predicted molar refractivity (Wildman–Crippen MR) is 86.6 cm³/mol. The monoisotopic (exact) mass is 350 g/mol. The molecule has 0 spiro atoms. The van der Waals surface area contributed by atoms with Gasteiger partial charge < -0.3 is 5.11 Å². The summed E-state index contributed by atoms with van der Waals surface area (Å²) in [4.78, 5) is 12.1. The van der Waals surface area contributed by atoms with E-state index in [9.17, 15) is 9.90 Å². The summed E-state index contributed by atoms with van der Waals surface area (Å²) in [6.45, 7) is 4.14. The molecule has 0 amide bonds. The number of benzene rings is 2. The zero-order chi connectivity index (χ0) is 14.7. The third kappa shape index (κ3) is 3.64. The van der Waals surface area contributed by atoms with E-state index >= 15 is 0 Å². The van der Waals surface area contributed by atoms with Crippen LogP contribution in [0.1, 0.15) is 27.0 Å². The van der Waals surface area contributed by atoms with Crippen molar-refractivity contribution >= 4 is 33.7 Å². The van der Waals surface area contributed by atoms with Crippen LogP contribution >= 0.6 is 27.7 Å². The molecule has 2 aromatic carbocycles. The van der Waals surface area contributed by atoms with Gasteiger partial charge >= 0.3 is 5.97 Å². The number of halogens is 1. The van der Waals surface area contributed by atoms with E-state index in [2.05, 4.69) is 48.0 Å². The maximum absolute atomic E-state index is 11.3. The third-order valence-electron chi connectivity index (χ3n) is 2.87. The van der Waals surface area contributed by atoms with Gasteiger partial charge in [-0.15, -0.1) is 11.8 Å². The van der Waals surface area contributed by atoms with E-state index in [-0.39, 0.29) is 0 Å². The summed E-state index contributed by atoms with van der Waals surface area (Å²) in [7, 11) is 0. The van der Waals surface area contributed by atoms with E-state index in [1.165, 1.54) is 16.7 Å². The van der Waals surface area contributed by atoms with Gasteiger partial charge in [0.05, 0.1) is 5.56 Å². The molecule has 104 valence electrons. The lowest BCUT2D eigenvalue weighted by atomic mass is 10.1. The Hall–Kier alpha value is -1.26. The molecule has 0 aliphatic carbocycles. The van der Waals surface area contributed by atoms with Crippen molar-refractivity contribution in [2.45, 2.75) is 24.5 Å². The van der Waals surface area contributed by atoms with Gasteiger partial charge in [0.1, 0.15) is 0 Å². The number of hydrogen-bond donors (Lipinski definition) is 1. The van der Waals surface area contributed by atoms with E-state index in [1.807, 2.05) is 12.1 Å². The zero-order valence-corrected chi connectivity index (χ0v) is 13.7. The Morgan fingerprint density at radius 1 is 1.20 bits per heavy atom. The number of carbonyl (C=O) groups is 1. The van der Waals surface area contributed by atoms with E-state index in [0.29, 0.717) is 10.0 Å². The molecule has 0 aromatic heterocycles. The first-order valence-electron chi connectivity index (χ1n) is 6.19. The van der Waals surface area contributed by atoms with Crippen LogP contribution in [0.2, 0.25) is 0 Å². The highest BCUT2D eigenvalue weighted by molar-refractivity contribution is 9.10. The molecule has 0 atom stereocenters. The van der Waals surface area contributed by atoms with Gasteiger partial charge in [-0.05, 0) is 47.5 Å². The first-order valence-corrected chi connectivity index (χ1v) is 7.97. The van der Waals surface area contributed by atoms with Gasteiger partial charge in [0.15, 0.2) is 0 Å². The van der Waals surface area contributed by atoms with Crippen molar-refractivity contribution in [3.8, 4) is 0 Å². The molecule has 0 fully saturated rings. The van der Waals surface area contributed by atoms with E-state index in [0.717, 1.165) is 10.6 Å². The molecule has 0 aliphatic heterocycles. The Balaban J connectivity index is 2.23. The van der Waals surface area contributed by atoms with E-state index in [4.69, 9.17) is 0 Å². The van der Waals surface area contributed by atoms with Crippen LogP contribution in [0.3, 0.4) is 0 Å². The van der Waals surface area contributed by atoms with E-state index < -0.39 is 5.97 Å². The van der Waals surface area contributed by atoms with Gasteiger partial charge in [0.2, 0.25) is 0 Å². The Morgan fingerprint density at radius 3 is 2.45 bits per heavy atom. The molecule has 0 saturated carbocycles. The van der Waals surface area contributed by atoms with Gasteiger partial charge in [-0.25, -0.2) is 4.79 Å². The molecule has 0 unspecified atom stereocenters. The number of hydrogen-bond acceptors (Lipinski definition) is 2. The second kappa shape index (κ2) is 6.46. The fraction of sp³-hybridized carbons (Fsp3) is 0.188. The summed E-state index contributed by atoms with van der Waals surface area (Å²) in [6, 6.07) is 11.9. The van der Waals surface area contributed by atoms with Gasteiger partial charge in [0.25, 0.3) is 0 Å². The predicted octanol–water partition coefficient (Wildman–Crippen LogP) is 5.06. The normalized spacial score (nSPS) is 10.6. The van der Waals surface area contributed by atoms with Gasteiger partial charge in [-0.3, -0.25) is 0 Å². The molecular formula is C16H15BrO2S. The highest BCUT2D eigenvalue weighted by atomic mass is 79.9. The molecule has 0 aliphatic rings. The maximum Gasteiger partial charge on any atom is 0.337 e. The highest BCUT2D eigenvalue weighted by Crippen LogP contribution is 2.31. The minimum atomic E-state index is -0.902. The molecule has 1 N–H and O–H groups in total. The Labute approximate surface area is 131 Å². The fourth-order valence-electron chi connectivity index (χ4n) is 2.15. The molecule has 20 heavy (non-hydrogen) atoms. The minimum Gasteiger partial charge on any atom is -0.478 e. The first-order chi connectivity index (χ1) is 9.47. The zero-order valence-electron chi connectivity index (χ0n) is 11.3. The van der Waals surface area contributed by atoms with Crippen LogP contribution in [0.25, 0.3) is 0 Å². The van der Waals surface area contributed by atoms with Crippen LogP contribution in [0.4, 0.5) is 0 Å². The summed E-state index contributed by atoms with van der Waals surface area (Å²) in [5.74, 6) is -0.139. The number of carboxylic acids is 1. The third-order valence-corrected chi connectivity index (χ3v) is 4.65. The molecule has 2 aromatic rings. The summed E-state index contributed by atoms with van der Waals surface area (Å²) >= 11 is 4.85. The topological polar surface area (TPSA) is 37.3 Å². The maximum atomic E-state index is 11.3. The van der Waals surface area contributed by atoms with Crippen LogP contribution in [0, 0.1) is 13.8 Å². The number of rotatable bonds is 4. The second-order valence-electron chi connectivity index (χ2n) is 4.70. The Kier molecular flexibility index (Phi) is 4.89. The number of aromatic carboxylic acids is 1. The first kappa shape index (κ1) is 15.1. The quantitative estimate of drug-likeness (QED) is 0.783. The van der Waals surface area contributed by atoms with Crippen LogP contribution in [-0.2, 0) is 5.75 Å². The summed E-state index contributed by atoms with van der Waals surface area (Å²) in [5.41, 5.74) is 4.01. The molecule has 2 rings (SSSR count). The fourth-order valence-corrected chi connectivity index (χ4v) is 3.82. The standard InChI is InChI=1S/C16H15BrO2S/c1-10-6-11(2)8-12(7-10)9-20-14-5-3-4-13(17)15(14)16(18)19/h3-8H,9H2,1-2H3,(H,18,19). The van der Waals surface area contributed by atoms with Crippen molar-refractivity contribution < 1.29 is 9.90 Å². The van der Waals surface area contributed by atoms with Crippen LogP contribution in [-0.4, -0.2) is 11.1 Å². The van der Waals surface area contributed by atoms with Crippen molar-refractivity contribution in [3.63, 3.8) is 0 Å². The highest BCUT2D eigenvalue weighted by Gasteiger charge is 2.14. The average Bonchev–Trinajstić information content (AvgIpc) is 2.34. The molecular weight excluding hydrogens is 336 g/mol. The SMILES string of the molecule is Cc1cc(C)cc(CSc2cccc(Br)c2C(=O)O)c1. The largest absolute Gasteiger partial charge is 0.478 e. The molecule has 2 nitrogen and oxygen atoms in total. The lowest BCUT2D eigenvalue weighted by Gasteiger charge is -2.09. The van der Waals surface area contributed by atoms with Crippen LogP contribution in [0.15, 0.2) is 45.8 Å². The van der Waals surface area contributed by atoms with Gasteiger partial charge in [-0.1, -0.05) is 35.4 Å². The van der Waals surface area contributed by atoms with Crippen molar-refractivity contribution in [2.75, 3.05) is 0 Å².